The predicted molar refractivity (Wildman–Crippen MR) is 103 cm³/mol. The van der Waals surface area contributed by atoms with E-state index in [2.05, 4.69) is 10.6 Å². The highest BCUT2D eigenvalue weighted by Gasteiger charge is 2.49. The molecule has 0 radical (unpaired) electrons. The summed E-state index contributed by atoms with van der Waals surface area (Å²) in [5.41, 5.74) is -2.50. The van der Waals surface area contributed by atoms with Gasteiger partial charge in [0.2, 0.25) is 5.91 Å². The molecule has 2 aliphatic heterocycles. The van der Waals surface area contributed by atoms with Crippen molar-refractivity contribution in [3.05, 3.63) is 28.8 Å². The van der Waals surface area contributed by atoms with E-state index in [9.17, 15) is 19.5 Å². The number of anilines is 1. The summed E-state index contributed by atoms with van der Waals surface area (Å²) in [6.07, 6.45) is 0.366. The fraction of sp³-hybridized carbons (Fsp3) is 0.500. The number of carbonyl (C=O) groups excluding carboxylic acids is 3. The molecule has 1 saturated heterocycles. The number of carbonyl (C=O) groups is 3. The van der Waals surface area contributed by atoms with Gasteiger partial charge in [-0.2, -0.15) is 11.8 Å². The zero-order chi connectivity index (χ0) is 19.7. The number of hydrogen-bond acceptors (Lipinski definition) is 6. The molecule has 7 nitrogen and oxygen atoms in total. The molecular weight excluding hydrogens is 392 g/mol. The number of nitrogens with one attached hydrogen (secondary N) is 2. The lowest BCUT2D eigenvalue weighted by Gasteiger charge is -2.36. The molecule has 3 rings (SSSR count). The fourth-order valence-electron chi connectivity index (χ4n) is 3.40. The van der Waals surface area contributed by atoms with Crippen LogP contribution in [0.4, 0.5) is 5.69 Å². The summed E-state index contributed by atoms with van der Waals surface area (Å²) in [5.74, 6) is -0.352. The lowest BCUT2D eigenvalue weighted by molar-refractivity contribution is -0.155. The molecule has 2 amide bonds. The average Bonchev–Trinajstić information content (AvgIpc) is 2.86. The van der Waals surface area contributed by atoms with E-state index in [0.29, 0.717) is 35.1 Å². The summed E-state index contributed by atoms with van der Waals surface area (Å²) >= 11 is 7.67. The van der Waals surface area contributed by atoms with Crippen LogP contribution in [0.5, 0.6) is 0 Å². The maximum Gasteiger partial charge on any atom is 0.331 e. The maximum absolute atomic E-state index is 12.7. The van der Waals surface area contributed by atoms with Crippen LogP contribution in [0.15, 0.2) is 18.2 Å². The second-order valence-electron chi connectivity index (χ2n) is 6.64. The van der Waals surface area contributed by atoms with Gasteiger partial charge in [-0.3, -0.25) is 9.59 Å². The number of ether oxygens (including phenoxy) is 1. The van der Waals surface area contributed by atoms with Crippen molar-refractivity contribution in [1.29, 1.82) is 0 Å². The van der Waals surface area contributed by atoms with Crippen molar-refractivity contribution < 1.29 is 24.2 Å². The molecule has 0 aliphatic carbocycles. The van der Waals surface area contributed by atoms with Crippen molar-refractivity contribution in [3.8, 4) is 0 Å². The minimum Gasteiger partial charge on any atom is -0.464 e. The van der Waals surface area contributed by atoms with Crippen molar-refractivity contribution >= 4 is 46.8 Å². The maximum atomic E-state index is 12.7. The monoisotopic (exact) mass is 412 g/mol. The van der Waals surface area contributed by atoms with E-state index in [1.165, 1.54) is 6.07 Å². The van der Waals surface area contributed by atoms with Gasteiger partial charge in [0.15, 0.2) is 5.60 Å². The number of thioether (sulfide) groups is 1. The van der Waals surface area contributed by atoms with Crippen LogP contribution in [-0.4, -0.2) is 46.5 Å². The number of esters is 1. The number of rotatable bonds is 5. The van der Waals surface area contributed by atoms with Gasteiger partial charge in [0.1, 0.15) is 5.54 Å². The SMILES string of the molecule is CCOC(=O)C1(NC(=O)CC2(O)C(=O)Nc3ccc(Cl)cc32)CCSCC1. The third-order valence-corrected chi connectivity index (χ3v) is 6.08. The Bertz CT molecular complexity index is 781. The predicted octanol–water partition coefficient (Wildman–Crippen LogP) is 1.81. The standard InChI is InChI=1S/C18H21ClN2O5S/c1-2-26-16(24)17(5-7-27-8-6-17)21-14(22)10-18(25)12-9-11(19)3-4-13(12)20-15(18)23/h3-4,9,25H,2,5-8,10H2,1H3,(H,20,23)(H,21,22). The third-order valence-electron chi connectivity index (χ3n) is 4.86. The Labute approximate surface area is 166 Å². The van der Waals surface area contributed by atoms with Crippen molar-refractivity contribution in [2.24, 2.45) is 0 Å². The second kappa shape index (κ2) is 7.69. The number of fused-ring (bicyclic) bond motifs is 1. The van der Waals surface area contributed by atoms with E-state index in [1.54, 1.807) is 30.8 Å². The first-order valence-corrected chi connectivity index (χ1v) is 10.2. The summed E-state index contributed by atoms with van der Waals surface area (Å²) in [6.45, 7) is 1.92. The molecule has 1 fully saturated rings. The largest absolute Gasteiger partial charge is 0.464 e. The normalized spacial score (nSPS) is 23.3. The molecule has 0 aromatic heterocycles. The van der Waals surface area contributed by atoms with Crippen LogP contribution in [0.2, 0.25) is 5.02 Å². The third kappa shape index (κ3) is 3.79. The van der Waals surface area contributed by atoms with Crippen molar-refractivity contribution in [2.45, 2.75) is 37.3 Å². The Balaban J connectivity index is 1.81. The first kappa shape index (κ1) is 20.0. The first-order valence-electron chi connectivity index (χ1n) is 8.70. The van der Waals surface area contributed by atoms with Crippen molar-refractivity contribution in [2.75, 3.05) is 23.4 Å². The zero-order valence-corrected chi connectivity index (χ0v) is 16.4. The molecule has 1 aromatic carbocycles. The summed E-state index contributed by atoms with van der Waals surface area (Å²) in [6, 6.07) is 4.62. The molecular formula is C18H21ClN2O5S. The summed E-state index contributed by atoms with van der Waals surface area (Å²) in [7, 11) is 0. The Kier molecular flexibility index (Phi) is 5.69. The fourth-order valence-corrected chi connectivity index (χ4v) is 4.77. The number of benzene rings is 1. The van der Waals surface area contributed by atoms with E-state index in [1.807, 2.05) is 0 Å². The Morgan fingerprint density at radius 1 is 1.37 bits per heavy atom. The van der Waals surface area contributed by atoms with Crippen molar-refractivity contribution in [3.63, 3.8) is 0 Å². The summed E-state index contributed by atoms with van der Waals surface area (Å²) < 4.78 is 5.15. The van der Waals surface area contributed by atoms with Gasteiger partial charge in [0.25, 0.3) is 5.91 Å². The van der Waals surface area contributed by atoms with Crippen LogP contribution in [-0.2, 0) is 24.7 Å². The highest BCUT2D eigenvalue weighted by atomic mass is 35.5. The van der Waals surface area contributed by atoms with E-state index in [-0.39, 0.29) is 12.2 Å². The van der Waals surface area contributed by atoms with Crippen LogP contribution in [0.3, 0.4) is 0 Å². The smallest absolute Gasteiger partial charge is 0.331 e. The quantitative estimate of drug-likeness (QED) is 0.637. The number of aliphatic hydroxyl groups is 1. The van der Waals surface area contributed by atoms with Crippen LogP contribution in [0, 0.1) is 0 Å². The first-order chi connectivity index (χ1) is 12.8. The molecule has 1 unspecified atom stereocenters. The number of amides is 2. The molecule has 3 N–H and O–H groups in total. The van der Waals surface area contributed by atoms with Crippen LogP contribution < -0.4 is 10.6 Å². The van der Waals surface area contributed by atoms with Crippen molar-refractivity contribution in [1.82, 2.24) is 5.32 Å². The molecule has 1 aromatic rings. The van der Waals surface area contributed by atoms with E-state index in [4.69, 9.17) is 16.3 Å². The average molecular weight is 413 g/mol. The highest BCUT2D eigenvalue weighted by molar-refractivity contribution is 7.99. The Morgan fingerprint density at radius 3 is 2.74 bits per heavy atom. The van der Waals surface area contributed by atoms with Gasteiger partial charge < -0.3 is 20.5 Å². The van der Waals surface area contributed by atoms with Crippen LogP contribution in [0.25, 0.3) is 0 Å². The van der Waals surface area contributed by atoms with Crippen LogP contribution >= 0.6 is 23.4 Å². The van der Waals surface area contributed by atoms with E-state index < -0.39 is 35.3 Å². The Morgan fingerprint density at radius 2 is 2.07 bits per heavy atom. The summed E-state index contributed by atoms with van der Waals surface area (Å²) in [4.78, 5) is 37.5. The molecule has 0 saturated carbocycles. The van der Waals surface area contributed by atoms with Gasteiger partial charge in [0.05, 0.1) is 13.0 Å². The highest BCUT2D eigenvalue weighted by Crippen LogP contribution is 2.40. The molecule has 2 heterocycles. The minimum absolute atomic E-state index is 0.210. The lowest BCUT2D eigenvalue weighted by atomic mass is 9.88. The van der Waals surface area contributed by atoms with Gasteiger partial charge >= 0.3 is 5.97 Å². The molecule has 1 atom stereocenters. The number of hydrogen-bond donors (Lipinski definition) is 3. The molecule has 146 valence electrons. The molecule has 2 aliphatic rings. The zero-order valence-electron chi connectivity index (χ0n) is 14.8. The topological polar surface area (TPSA) is 105 Å². The molecule has 27 heavy (non-hydrogen) atoms. The van der Waals surface area contributed by atoms with Crippen LogP contribution in [0.1, 0.15) is 31.7 Å². The van der Waals surface area contributed by atoms with Gasteiger partial charge in [-0.25, -0.2) is 4.79 Å². The van der Waals surface area contributed by atoms with E-state index in [0.717, 1.165) is 0 Å². The van der Waals surface area contributed by atoms with Gasteiger partial charge in [-0.1, -0.05) is 11.6 Å². The number of halogens is 1. The Hall–Kier alpha value is -1.77. The van der Waals surface area contributed by atoms with Gasteiger partial charge in [0, 0.05) is 16.3 Å². The molecule has 0 spiro atoms. The molecule has 0 bridgehead atoms. The molecule has 9 heteroatoms. The lowest BCUT2D eigenvalue weighted by Crippen LogP contribution is -2.58. The minimum atomic E-state index is -2.04. The van der Waals surface area contributed by atoms with Gasteiger partial charge in [-0.05, 0) is 49.5 Å². The second-order valence-corrected chi connectivity index (χ2v) is 8.31. The van der Waals surface area contributed by atoms with E-state index >= 15 is 0 Å². The van der Waals surface area contributed by atoms with Gasteiger partial charge in [-0.15, -0.1) is 0 Å². The summed E-state index contributed by atoms with van der Waals surface area (Å²) in [5, 5.41) is 16.5.